The topological polar surface area (TPSA) is 50.3 Å². The van der Waals surface area contributed by atoms with Crippen LogP contribution in [0.2, 0.25) is 0 Å². The zero-order valence-electron chi connectivity index (χ0n) is 18.7. The van der Waals surface area contributed by atoms with E-state index < -0.39 is 11.6 Å². The van der Waals surface area contributed by atoms with Crippen molar-refractivity contribution in [2.24, 2.45) is 0 Å². The number of rotatable bonds is 7. The lowest BCUT2D eigenvalue weighted by atomic mass is 9.98. The second kappa shape index (κ2) is 9.81. The molecule has 0 fully saturated rings. The van der Waals surface area contributed by atoms with Gasteiger partial charge < -0.3 is 4.90 Å². The molecule has 0 bridgehead atoms. The Morgan fingerprint density at radius 1 is 0.969 bits per heavy atom. The third kappa shape index (κ3) is 5.07. The van der Waals surface area contributed by atoms with Crippen LogP contribution in [0.1, 0.15) is 47.1 Å². The highest BCUT2D eigenvalue weighted by Crippen LogP contribution is 2.29. The number of carbonyl (C=O) groups excluding carboxylic acids is 2. The average Bonchev–Trinajstić information content (AvgIpc) is 2.77. The van der Waals surface area contributed by atoms with Gasteiger partial charge in [-0.25, -0.2) is 8.78 Å². The van der Waals surface area contributed by atoms with E-state index in [2.05, 4.69) is 4.98 Å². The first kappa shape index (κ1) is 23.3. The number of Topliss-reactive ketones (excluding diaryl/α,β-unsaturated/α-hetero) is 1. The number of aromatic nitrogens is 1. The molecule has 0 aliphatic heterocycles. The van der Waals surface area contributed by atoms with Crippen molar-refractivity contribution >= 4 is 17.4 Å². The summed E-state index contributed by atoms with van der Waals surface area (Å²) in [7, 11) is 1.50. The molecule has 1 aromatic heterocycles. The Kier molecular flexibility index (Phi) is 7.13. The Morgan fingerprint density at radius 3 is 2.34 bits per heavy atom. The quantitative estimate of drug-likeness (QED) is 0.438. The molecule has 3 aromatic rings. The zero-order chi connectivity index (χ0) is 23.4. The minimum absolute atomic E-state index is 0.133. The normalized spacial score (nSPS) is 10.8. The van der Waals surface area contributed by atoms with Gasteiger partial charge >= 0.3 is 0 Å². The lowest BCUT2D eigenvalue weighted by Gasteiger charge is -2.18. The van der Waals surface area contributed by atoms with Gasteiger partial charge in [-0.1, -0.05) is 31.2 Å². The average molecular weight is 437 g/mol. The van der Waals surface area contributed by atoms with E-state index in [9.17, 15) is 18.4 Å². The number of ketones is 1. The maximum absolute atomic E-state index is 14.8. The summed E-state index contributed by atoms with van der Waals surface area (Å²) in [6.07, 6.45) is 1.02. The van der Waals surface area contributed by atoms with Gasteiger partial charge in [-0.2, -0.15) is 0 Å². The Morgan fingerprint density at radius 2 is 1.72 bits per heavy atom. The fourth-order valence-electron chi connectivity index (χ4n) is 3.61. The van der Waals surface area contributed by atoms with Crippen molar-refractivity contribution in [3.8, 4) is 11.1 Å². The molecule has 0 spiro atoms. The van der Waals surface area contributed by atoms with E-state index in [1.54, 1.807) is 19.1 Å². The van der Waals surface area contributed by atoms with Crippen LogP contribution in [0.4, 0.5) is 14.5 Å². The molecular weight excluding hydrogens is 410 g/mol. The number of hydrogen-bond donors (Lipinski definition) is 0. The van der Waals surface area contributed by atoms with Gasteiger partial charge in [-0.15, -0.1) is 0 Å². The number of carbonyl (C=O) groups is 2. The first-order valence-electron chi connectivity index (χ1n) is 10.5. The molecule has 2 aromatic carbocycles. The van der Waals surface area contributed by atoms with Crippen molar-refractivity contribution in [2.45, 2.75) is 40.0 Å². The summed E-state index contributed by atoms with van der Waals surface area (Å²) < 4.78 is 29.4. The molecule has 0 radical (unpaired) electrons. The predicted molar refractivity (Wildman–Crippen MR) is 122 cm³/mol. The number of hydrogen-bond acceptors (Lipinski definition) is 3. The SMILES string of the molecule is CCC(=O)N(C)c1ccc(-c2ccc(C(=O)CCc3ccc(C)nc3C)cc2F)cc1F. The fourth-order valence-corrected chi connectivity index (χ4v) is 3.61. The zero-order valence-corrected chi connectivity index (χ0v) is 18.7. The lowest BCUT2D eigenvalue weighted by Crippen LogP contribution is -2.25. The van der Waals surface area contributed by atoms with E-state index in [0.717, 1.165) is 17.0 Å². The summed E-state index contributed by atoms with van der Waals surface area (Å²) in [5.74, 6) is -1.61. The Bertz CT molecular complexity index is 1170. The third-order valence-electron chi connectivity index (χ3n) is 5.54. The lowest BCUT2D eigenvalue weighted by molar-refractivity contribution is -0.118. The van der Waals surface area contributed by atoms with Crippen molar-refractivity contribution in [1.29, 1.82) is 0 Å². The molecule has 32 heavy (non-hydrogen) atoms. The van der Waals surface area contributed by atoms with Crippen molar-refractivity contribution in [3.63, 3.8) is 0 Å². The number of nitrogens with zero attached hydrogens (tertiary/aromatic N) is 2. The van der Waals surface area contributed by atoms with Crippen molar-refractivity contribution in [1.82, 2.24) is 4.98 Å². The molecule has 1 amide bonds. The molecule has 6 heteroatoms. The second-order valence-corrected chi connectivity index (χ2v) is 7.79. The van der Waals surface area contributed by atoms with Crippen LogP contribution in [0, 0.1) is 25.5 Å². The number of halogens is 2. The summed E-state index contributed by atoms with van der Waals surface area (Å²) in [6.45, 7) is 5.51. The van der Waals surface area contributed by atoms with E-state index in [1.807, 2.05) is 26.0 Å². The van der Waals surface area contributed by atoms with Crippen LogP contribution in [-0.4, -0.2) is 23.7 Å². The van der Waals surface area contributed by atoms with Gasteiger partial charge in [-0.3, -0.25) is 14.6 Å². The smallest absolute Gasteiger partial charge is 0.226 e. The van der Waals surface area contributed by atoms with Gasteiger partial charge in [0, 0.05) is 42.4 Å². The molecule has 1 heterocycles. The molecule has 0 aliphatic rings. The van der Waals surface area contributed by atoms with Crippen LogP contribution < -0.4 is 4.90 Å². The molecular formula is C26H26F2N2O2. The summed E-state index contributed by atoms with van der Waals surface area (Å²) in [4.78, 5) is 30.0. The number of anilines is 1. The Hall–Kier alpha value is -3.41. The molecule has 0 N–H and O–H groups in total. The number of aryl methyl sites for hydroxylation is 3. The van der Waals surface area contributed by atoms with Crippen LogP contribution in [0.15, 0.2) is 48.5 Å². The molecule has 4 nitrogen and oxygen atoms in total. The van der Waals surface area contributed by atoms with Crippen LogP contribution in [0.5, 0.6) is 0 Å². The van der Waals surface area contributed by atoms with Crippen molar-refractivity contribution < 1.29 is 18.4 Å². The Labute approximate surface area is 186 Å². The molecule has 0 aliphatic carbocycles. The van der Waals surface area contributed by atoms with E-state index in [-0.39, 0.29) is 41.3 Å². The maximum atomic E-state index is 14.8. The van der Waals surface area contributed by atoms with Crippen LogP contribution >= 0.6 is 0 Å². The van der Waals surface area contributed by atoms with E-state index in [4.69, 9.17) is 0 Å². The van der Waals surface area contributed by atoms with Crippen LogP contribution in [-0.2, 0) is 11.2 Å². The Balaban J connectivity index is 1.76. The highest BCUT2D eigenvalue weighted by molar-refractivity contribution is 5.97. The van der Waals surface area contributed by atoms with E-state index >= 15 is 0 Å². The monoisotopic (exact) mass is 436 g/mol. The highest BCUT2D eigenvalue weighted by Gasteiger charge is 2.16. The first-order valence-corrected chi connectivity index (χ1v) is 10.5. The van der Waals surface area contributed by atoms with Crippen molar-refractivity contribution in [2.75, 3.05) is 11.9 Å². The third-order valence-corrected chi connectivity index (χ3v) is 5.54. The summed E-state index contributed by atoms with van der Waals surface area (Å²) in [5, 5.41) is 0. The van der Waals surface area contributed by atoms with E-state index in [0.29, 0.717) is 12.0 Å². The molecule has 0 atom stereocenters. The van der Waals surface area contributed by atoms with Gasteiger partial charge in [0.15, 0.2) is 5.78 Å². The highest BCUT2D eigenvalue weighted by atomic mass is 19.1. The molecule has 0 saturated heterocycles. The first-order chi connectivity index (χ1) is 15.2. The second-order valence-electron chi connectivity index (χ2n) is 7.79. The molecule has 3 rings (SSSR count). The van der Waals surface area contributed by atoms with Gasteiger partial charge in [-0.05, 0) is 55.7 Å². The standard InChI is InChI=1S/C26H26F2N2O2/c1-5-26(32)30(4)24-12-9-19(14-23(24)28)21-11-8-20(15-22(21)27)25(31)13-10-18-7-6-16(2)29-17(18)3/h6-9,11-12,14-15H,5,10,13H2,1-4H3. The van der Waals surface area contributed by atoms with Crippen LogP contribution in [0.3, 0.4) is 0 Å². The minimum Gasteiger partial charge on any atom is -0.313 e. The largest absolute Gasteiger partial charge is 0.313 e. The fraction of sp³-hybridized carbons (Fsp3) is 0.269. The van der Waals surface area contributed by atoms with Gasteiger partial charge in [0.1, 0.15) is 11.6 Å². The van der Waals surface area contributed by atoms with Crippen LogP contribution in [0.25, 0.3) is 11.1 Å². The maximum Gasteiger partial charge on any atom is 0.226 e. The van der Waals surface area contributed by atoms with Gasteiger partial charge in [0.05, 0.1) is 5.69 Å². The summed E-state index contributed by atoms with van der Waals surface area (Å²) in [6, 6.07) is 12.3. The number of pyridine rings is 1. The van der Waals surface area contributed by atoms with Gasteiger partial charge in [0.2, 0.25) is 5.91 Å². The van der Waals surface area contributed by atoms with E-state index in [1.165, 1.54) is 36.2 Å². The molecule has 0 unspecified atom stereocenters. The number of benzene rings is 2. The minimum atomic E-state index is -0.617. The van der Waals surface area contributed by atoms with Gasteiger partial charge in [0.25, 0.3) is 0 Å². The molecule has 166 valence electrons. The number of amides is 1. The summed E-state index contributed by atoms with van der Waals surface area (Å²) >= 11 is 0. The molecule has 0 saturated carbocycles. The van der Waals surface area contributed by atoms with Crippen molar-refractivity contribution in [3.05, 3.63) is 82.7 Å². The summed E-state index contributed by atoms with van der Waals surface area (Å²) in [5.41, 5.74) is 3.72. The predicted octanol–water partition coefficient (Wildman–Crippen LogP) is 5.83.